The third-order valence-electron chi connectivity index (χ3n) is 4.16. The van der Waals surface area contributed by atoms with Gasteiger partial charge >= 0.3 is 34.1 Å². The molecule has 4 aliphatic carbocycles. The van der Waals surface area contributed by atoms with Crippen LogP contribution in [-0.4, -0.2) is 0 Å². The molecule has 148 valence electrons. The van der Waals surface area contributed by atoms with Crippen molar-refractivity contribution in [2.24, 2.45) is 0 Å². The molecule has 0 amide bonds. The Kier molecular flexibility index (Phi) is 19.6. The van der Waals surface area contributed by atoms with Gasteiger partial charge in [0.25, 0.3) is 0 Å². The van der Waals surface area contributed by atoms with E-state index in [0.717, 1.165) is 6.42 Å². The van der Waals surface area contributed by atoms with Gasteiger partial charge in [0.05, 0.1) is 0 Å². The van der Waals surface area contributed by atoms with Gasteiger partial charge in [0.2, 0.25) is 0 Å². The second kappa shape index (κ2) is 19.2. The first-order valence-corrected chi connectivity index (χ1v) is 9.49. The fourth-order valence-electron chi connectivity index (χ4n) is 2.76. The first-order valence-electron chi connectivity index (χ1n) is 9.49. The number of rotatable bonds is 4. The van der Waals surface area contributed by atoms with E-state index in [0.29, 0.717) is 0 Å². The average Bonchev–Trinajstić information content (AvgIpc) is 3.52. The minimum absolute atomic E-state index is 0. The van der Waals surface area contributed by atoms with Crippen LogP contribution in [0.5, 0.6) is 0 Å². The summed E-state index contributed by atoms with van der Waals surface area (Å²) in [5.41, 5.74) is 2.74. The summed E-state index contributed by atoms with van der Waals surface area (Å²) in [6.45, 7) is 4.32. The predicted octanol–water partition coefficient (Wildman–Crippen LogP) is 6.12. The molecule has 0 saturated heterocycles. The van der Waals surface area contributed by atoms with Crippen LogP contribution in [0.4, 0.5) is 0 Å². The van der Waals surface area contributed by atoms with Crippen LogP contribution in [-0.2, 0) is 34.1 Å². The largest absolute Gasteiger partial charge is 2.00 e. The van der Waals surface area contributed by atoms with Crippen molar-refractivity contribution < 1.29 is 34.1 Å². The molecule has 4 rings (SSSR count). The Morgan fingerprint density at radius 1 is 0.621 bits per heavy atom. The first kappa shape index (κ1) is 29.5. The molecule has 0 aromatic carbocycles. The summed E-state index contributed by atoms with van der Waals surface area (Å²) < 4.78 is 0. The molecule has 4 saturated carbocycles. The van der Waals surface area contributed by atoms with Gasteiger partial charge in [0.15, 0.2) is 0 Å². The van der Waals surface area contributed by atoms with Gasteiger partial charge in [-0.2, -0.15) is 0 Å². The topological polar surface area (TPSA) is 0 Å². The van der Waals surface area contributed by atoms with Crippen molar-refractivity contribution >= 4 is 0 Å². The molecule has 2 heteroatoms. The SMILES string of the molecule is C/C=C(CC)/C(=C\[C]1[CH][CH][CH][CH]1)[C]1[CH][CH][CH][CH]1.[CH]1[CH][CH][CH][CH]1.[CH]1[CH][CH][CH][CH]1.[Fe+2].[Fe+2]. The maximum atomic E-state index is 2.27. The average molecular weight is 464 g/mol. The number of hydrogen-bond donors (Lipinski definition) is 0. The van der Waals surface area contributed by atoms with E-state index >= 15 is 0 Å². The second-order valence-corrected chi connectivity index (χ2v) is 6.04. The van der Waals surface area contributed by atoms with Gasteiger partial charge in [0, 0.05) is 11.8 Å². The molecule has 0 nitrogen and oxygen atoms in total. The minimum atomic E-state index is 0. The second-order valence-electron chi connectivity index (χ2n) is 6.04. The maximum absolute atomic E-state index is 2.27. The van der Waals surface area contributed by atoms with Gasteiger partial charge < -0.3 is 0 Å². The number of allylic oxidation sites excluding steroid dienone is 4. The first-order chi connectivity index (χ1) is 13.3. The van der Waals surface area contributed by atoms with Crippen molar-refractivity contribution in [1.82, 2.24) is 0 Å². The van der Waals surface area contributed by atoms with Crippen molar-refractivity contribution in [2.75, 3.05) is 0 Å². The fourth-order valence-corrected chi connectivity index (χ4v) is 2.76. The smallest absolute Gasteiger partial charge is 0.0842 e. The van der Waals surface area contributed by atoms with Crippen LogP contribution in [0.1, 0.15) is 20.3 Å². The summed E-state index contributed by atoms with van der Waals surface area (Å²) in [7, 11) is 0. The molecule has 4 fully saturated rings. The zero-order valence-corrected chi connectivity index (χ0v) is 19.2. The molecular formula is C27H28Fe2+4. The van der Waals surface area contributed by atoms with E-state index in [1.807, 2.05) is 64.2 Å². The molecular weight excluding hydrogens is 436 g/mol. The van der Waals surface area contributed by atoms with E-state index in [2.05, 4.69) is 77.4 Å². The molecule has 20 radical (unpaired) electrons. The van der Waals surface area contributed by atoms with Crippen molar-refractivity contribution in [1.29, 1.82) is 0 Å². The normalized spacial score (nSPS) is 22.8. The van der Waals surface area contributed by atoms with Crippen LogP contribution >= 0.6 is 0 Å². The van der Waals surface area contributed by atoms with E-state index in [1.165, 1.54) is 23.0 Å². The Labute approximate surface area is 204 Å². The zero-order valence-electron chi connectivity index (χ0n) is 17.0. The molecule has 4 aliphatic rings. The Balaban J connectivity index is 0.000000537. The summed E-state index contributed by atoms with van der Waals surface area (Å²) in [4.78, 5) is 0. The quantitative estimate of drug-likeness (QED) is 0.348. The van der Waals surface area contributed by atoms with Gasteiger partial charge in [0.1, 0.15) is 0 Å². The van der Waals surface area contributed by atoms with E-state index < -0.39 is 0 Å². The third-order valence-corrected chi connectivity index (χ3v) is 4.16. The van der Waals surface area contributed by atoms with E-state index in [-0.39, 0.29) is 34.1 Å². The van der Waals surface area contributed by atoms with E-state index in [4.69, 9.17) is 0 Å². The Morgan fingerprint density at radius 3 is 1.34 bits per heavy atom. The summed E-state index contributed by atoms with van der Waals surface area (Å²) >= 11 is 0. The molecule has 0 spiro atoms. The summed E-state index contributed by atoms with van der Waals surface area (Å²) in [5, 5.41) is 0. The third kappa shape index (κ3) is 12.2. The van der Waals surface area contributed by atoms with Crippen molar-refractivity contribution in [3.63, 3.8) is 0 Å². The molecule has 0 aromatic rings. The molecule has 0 heterocycles. The van der Waals surface area contributed by atoms with Crippen LogP contribution in [0.15, 0.2) is 23.3 Å². The minimum Gasteiger partial charge on any atom is -0.0842 e. The van der Waals surface area contributed by atoms with Crippen molar-refractivity contribution in [2.45, 2.75) is 20.3 Å². The standard InChI is InChI=1S/C17H18.2C5H5.2Fe/c1-3-15(4-2)17(16-11-7-8-12-16)13-14-9-5-6-10-14;2*1-2-4-5-3-1;;/h3,5-13H,4H2,1-2H3;2*1-5H;;/q;;;2*+2/b15-3+,17-13+;;;;. The predicted molar refractivity (Wildman–Crippen MR) is 116 cm³/mol. The molecule has 0 atom stereocenters. The van der Waals surface area contributed by atoms with Gasteiger partial charge in [-0.05, 0) is 140 Å². The summed E-state index contributed by atoms with van der Waals surface area (Å²) in [5.74, 6) is 2.58. The molecule has 0 N–H and O–H groups in total. The molecule has 29 heavy (non-hydrogen) atoms. The van der Waals surface area contributed by atoms with Crippen LogP contribution in [0.3, 0.4) is 0 Å². The van der Waals surface area contributed by atoms with Gasteiger partial charge in [-0.1, -0.05) is 19.1 Å². The molecule has 0 aromatic heterocycles. The van der Waals surface area contributed by atoms with Crippen molar-refractivity contribution in [3.05, 3.63) is 151 Å². The number of hydrogen-bond acceptors (Lipinski definition) is 0. The fraction of sp³-hybridized carbons (Fsp3) is 0.111. The maximum Gasteiger partial charge on any atom is 2.00 e. The van der Waals surface area contributed by atoms with Crippen LogP contribution in [0.2, 0.25) is 0 Å². The van der Waals surface area contributed by atoms with Crippen LogP contribution < -0.4 is 0 Å². The Hall–Kier alpha value is 0.519. The van der Waals surface area contributed by atoms with Crippen LogP contribution in [0, 0.1) is 127 Å². The molecule has 0 bridgehead atoms. The van der Waals surface area contributed by atoms with Crippen molar-refractivity contribution in [3.8, 4) is 0 Å². The van der Waals surface area contributed by atoms with Gasteiger partial charge in [-0.3, -0.25) is 0 Å². The summed E-state index contributed by atoms with van der Waals surface area (Å²) in [6.07, 6.45) is 42.5. The Bertz CT molecular complexity index is 393. The van der Waals surface area contributed by atoms with E-state index in [9.17, 15) is 0 Å². The van der Waals surface area contributed by atoms with Gasteiger partial charge in [-0.25, -0.2) is 0 Å². The zero-order chi connectivity index (χ0) is 19.2. The monoisotopic (exact) mass is 464 g/mol. The Morgan fingerprint density at radius 2 is 1.00 bits per heavy atom. The van der Waals surface area contributed by atoms with Gasteiger partial charge in [-0.15, -0.1) is 0 Å². The molecule has 0 aliphatic heterocycles. The molecule has 0 unspecified atom stereocenters. The van der Waals surface area contributed by atoms with E-state index in [1.54, 1.807) is 0 Å². The summed E-state index contributed by atoms with van der Waals surface area (Å²) in [6, 6.07) is 0. The van der Waals surface area contributed by atoms with Crippen LogP contribution in [0.25, 0.3) is 0 Å².